The molecular weight excluding hydrogens is 408 g/mol. The number of benzene rings is 2. The molecule has 0 spiro atoms. The van der Waals surface area contributed by atoms with Gasteiger partial charge in [0.25, 0.3) is 5.91 Å². The van der Waals surface area contributed by atoms with Gasteiger partial charge in [-0.25, -0.2) is 4.79 Å². The molecule has 0 fully saturated rings. The maximum Gasteiger partial charge on any atom is 0.349 e. The number of esters is 1. The first-order valence-electron chi connectivity index (χ1n) is 10.4. The number of carbonyl (C=O) groups excluding carboxylic acids is 2. The number of rotatable bonds is 10. The minimum atomic E-state index is -0.587. The standard InChI is InChI=1S/C25H28N2O5/c1-5-12-27-25(29)20(15-26)13-18-6-11-22(23(14-18)30-4)32-24(28)16-31-21-9-7-19(8-10-21)17(2)3/h6-11,13-14,17H,5,12,16H2,1-4H3,(H,27,29)/b20-13+. The monoisotopic (exact) mass is 436 g/mol. The molecule has 0 heterocycles. The second-order valence-electron chi connectivity index (χ2n) is 7.32. The van der Waals surface area contributed by atoms with Crippen LogP contribution in [0.2, 0.25) is 0 Å². The Kier molecular flexibility index (Phi) is 9.30. The van der Waals surface area contributed by atoms with Gasteiger partial charge in [-0.1, -0.05) is 39.0 Å². The van der Waals surface area contributed by atoms with Gasteiger partial charge in [0.2, 0.25) is 0 Å². The van der Waals surface area contributed by atoms with Gasteiger partial charge in [-0.3, -0.25) is 4.79 Å². The Balaban J connectivity index is 2.04. The number of ether oxygens (including phenoxy) is 3. The van der Waals surface area contributed by atoms with Crippen LogP contribution in [0.5, 0.6) is 17.2 Å². The molecule has 0 atom stereocenters. The summed E-state index contributed by atoms with van der Waals surface area (Å²) in [4.78, 5) is 24.2. The Morgan fingerprint density at radius 2 is 1.84 bits per heavy atom. The Labute approximate surface area is 188 Å². The number of carbonyl (C=O) groups is 2. The molecule has 1 amide bonds. The van der Waals surface area contributed by atoms with Gasteiger partial charge in [0, 0.05) is 6.54 Å². The highest BCUT2D eigenvalue weighted by atomic mass is 16.6. The van der Waals surface area contributed by atoms with E-state index in [9.17, 15) is 14.9 Å². The van der Waals surface area contributed by atoms with E-state index in [1.807, 2.05) is 37.3 Å². The summed E-state index contributed by atoms with van der Waals surface area (Å²) < 4.78 is 16.1. The second-order valence-corrected chi connectivity index (χ2v) is 7.32. The van der Waals surface area contributed by atoms with E-state index in [1.54, 1.807) is 18.2 Å². The van der Waals surface area contributed by atoms with Crippen molar-refractivity contribution in [2.24, 2.45) is 0 Å². The van der Waals surface area contributed by atoms with Gasteiger partial charge in [-0.15, -0.1) is 0 Å². The van der Waals surface area contributed by atoms with E-state index in [2.05, 4.69) is 19.2 Å². The first-order valence-corrected chi connectivity index (χ1v) is 10.4. The highest BCUT2D eigenvalue weighted by Crippen LogP contribution is 2.29. The number of nitrogens with one attached hydrogen (secondary N) is 1. The number of nitrogens with zero attached hydrogens (tertiary/aromatic N) is 1. The molecule has 7 nitrogen and oxygen atoms in total. The molecule has 0 bridgehead atoms. The average Bonchev–Trinajstić information content (AvgIpc) is 2.80. The molecule has 0 radical (unpaired) electrons. The van der Waals surface area contributed by atoms with Crippen molar-refractivity contribution in [3.05, 3.63) is 59.2 Å². The minimum Gasteiger partial charge on any atom is -0.493 e. The number of nitriles is 1. The summed E-state index contributed by atoms with van der Waals surface area (Å²) in [5.41, 5.74) is 1.72. The Hall–Kier alpha value is -3.79. The number of hydrogen-bond acceptors (Lipinski definition) is 6. The zero-order valence-electron chi connectivity index (χ0n) is 18.8. The summed E-state index contributed by atoms with van der Waals surface area (Å²) in [5.74, 6) is 0.457. The lowest BCUT2D eigenvalue weighted by Crippen LogP contribution is -2.25. The van der Waals surface area contributed by atoms with Crippen LogP contribution in [0.4, 0.5) is 0 Å². The molecule has 2 aromatic rings. The van der Waals surface area contributed by atoms with Crippen LogP contribution in [0.1, 0.15) is 44.2 Å². The molecule has 1 N–H and O–H groups in total. The molecule has 7 heteroatoms. The number of methoxy groups -OCH3 is 1. The summed E-state index contributed by atoms with van der Waals surface area (Å²) >= 11 is 0. The summed E-state index contributed by atoms with van der Waals surface area (Å²) in [6.45, 7) is 6.35. The SMILES string of the molecule is CCCNC(=O)/C(C#N)=C/c1ccc(OC(=O)COc2ccc(C(C)C)cc2)c(OC)c1. The fourth-order valence-corrected chi connectivity index (χ4v) is 2.75. The Morgan fingerprint density at radius 3 is 2.44 bits per heavy atom. The van der Waals surface area contributed by atoms with Gasteiger partial charge < -0.3 is 19.5 Å². The zero-order valence-corrected chi connectivity index (χ0v) is 18.8. The van der Waals surface area contributed by atoms with Crippen LogP contribution in [0.15, 0.2) is 48.0 Å². The van der Waals surface area contributed by atoms with Gasteiger partial charge in [0.1, 0.15) is 17.4 Å². The van der Waals surface area contributed by atoms with Crippen LogP contribution in [-0.2, 0) is 9.59 Å². The molecular formula is C25H28N2O5. The fraction of sp³-hybridized carbons (Fsp3) is 0.320. The van der Waals surface area contributed by atoms with E-state index in [4.69, 9.17) is 14.2 Å². The van der Waals surface area contributed by atoms with Crippen LogP contribution >= 0.6 is 0 Å². The lowest BCUT2D eigenvalue weighted by atomic mass is 10.0. The number of amides is 1. The normalized spacial score (nSPS) is 10.9. The third-order valence-electron chi connectivity index (χ3n) is 4.53. The molecule has 0 aliphatic heterocycles. The molecule has 0 saturated carbocycles. The fourth-order valence-electron chi connectivity index (χ4n) is 2.75. The van der Waals surface area contributed by atoms with Crippen molar-refractivity contribution in [2.75, 3.05) is 20.3 Å². The van der Waals surface area contributed by atoms with Crippen molar-refractivity contribution in [3.8, 4) is 23.3 Å². The molecule has 0 unspecified atom stereocenters. The van der Waals surface area contributed by atoms with Crippen molar-refractivity contribution in [1.82, 2.24) is 5.32 Å². The van der Waals surface area contributed by atoms with E-state index in [-0.39, 0.29) is 17.9 Å². The largest absolute Gasteiger partial charge is 0.493 e. The van der Waals surface area contributed by atoms with E-state index < -0.39 is 11.9 Å². The lowest BCUT2D eigenvalue weighted by molar-refractivity contribution is -0.136. The molecule has 0 saturated heterocycles. The third kappa shape index (κ3) is 7.17. The van der Waals surface area contributed by atoms with Crippen molar-refractivity contribution < 1.29 is 23.8 Å². The van der Waals surface area contributed by atoms with E-state index in [0.717, 1.165) is 6.42 Å². The van der Waals surface area contributed by atoms with Crippen LogP contribution in [0.25, 0.3) is 6.08 Å². The predicted octanol–water partition coefficient (Wildman–Crippen LogP) is 4.24. The van der Waals surface area contributed by atoms with Gasteiger partial charge in [-0.05, 0) is 53.8 Å². The Morgan fingerprint density at radius 1 is 1.12 bits per heavy atom. The molecule has 0 aromatic heterocycles. The molecule has 32 heavy (non-hydrogen) atoms. The molecule has 0 aliphatic rings. The molecule has 2 aromatic carbocycles. The van der Waals surface area contributed by atoms with Crippen molar-refractivity contribution in [2.45, 2.75) is 33.1 Å². The second kappa shape index (κ2) is 12.2. The number of hydrogen-bond donors (Lipinski definition) is 1. The minimum absolute atomic E-state index is 0.0258. The summed E-state index contributed by atoms with van der Waals surface area (Å²) in [6, 6.07) is 14.2. The van der Waals surface area contributed by atoms with Crippen LogP contribution in [0.3, 0.4) is 0 Å². The highest BCUT2D eigenvalue weighted by Gasteiger charge is 2.13. The van der Waals surface area contributed by atoms with E-state index in [1.165, 1.54) is 18.7 Å². The summed E-state index contributed by atoms with van der Waals surface area (Å²) in [6.07, 6.45) is 2.22. The van der Waals surface area contributed by atoms with Crippen molar-refractivity contribution >= 4 is 18.0 Å². The van der Waals surface area contributed by atoms with Crippen LogP contribution in [0, 0.1) is 11.3 Å². The van der Waals surface area contributed by atoms with Gasteiger partial charge in [0.05, 0.1) is 7.11 Å². The van der Waals surface area contributed by atoms with Crippen LogP contribution in [-0.4, -0.2) is 32.1 Å². The maximum atomic E-state index is 12.2. The Bertz CT molecular complexity index is 1000. The highest BCUT2D eigenvalue weighted by molar-refractivity contribution is 6.01. The smallest absolute Gasteiger partial charge is 0.349 e. The van der Waals surface area contributed by atoms with Gasteiger partial charge >= 0.3 is 5.97 Å². The average molecular weight is 437 g/mol. The lowest BCUT2D eigenvalue weighted by Gasteiger charge is -2.11. The summed E-state index contributed by atoms with van der Waals surface area (Å²) in [7, 11) is 1.44. The van der Waals surface area contributed by atoms with Gasteiger partial charge in [-0.2, -0.15) is 5.26 Å². The summed E-state index contributed by atoms with van der Waals surface area (Å²) in [5, 5.41) is 11.9. The quantitative estimate of drug-likeness (QED) is 0.259. The molecule has 168 valence electrons. The first-order chi connectivity index (χ1) is 15.4. The predicted molar refractivity (Wildman–Crippen MR) is 122 cm³/mol. The topological polar surface area (TPSA) is 97.7 Å². The molecule has 0 aliphatic carbocycles. The zero-order chi connectivity index (χ0) is 23.5. The third-order valence-corrected chi connectivity index (χ3v) is 4.53. The van der Waals surface area contributed by atoms with Gasteiger partial charge in [0.15, 0.2) is 18.1 Å². The van der Waals surface area contributed by atoms with Crippen LogP contribution < -0.4 is 19.5 Å². The first kappa shape index (κ1) is 24.5. The maximum absolute atomic E-state index is 12.2. The van der Waals surface area contributed by atoms with E-state index in [0.29, 0.717) is 29.5 Å². The van der Waals surface area contributed by atoms with Crippen molar-refractivity contribution in [1.29, 1.82) is 5.26 Å². The van der Waals surface area contributed by atoms with Crippen molar-refractivity contribution in [3.63, 3.8) is 0 Å². The van der Waals surface area contributed by atoms with E-state index >= 15 is 0 Å². The molecule has 2 rings (SSSR count).